The Labute approximate surface area is 111 Å². The average Bonchev–Trinajstić information content (AvgIpc) is 2.38. The van der Waals surface area contributed by atoms with Crippen molar-refractivity contribution in [3.05, 3.63) is 52.9 Å². The summed E-state index contributed by atoms with van der Waals surface area (Å²) < 4.78 is 0. The minimum absolute atomic E-state index is 0.387. The standard InChI is InChI=1S/C13H15ClN4/c14-12-8-16-9-13(18-12)17-7-11-3-1-10(2-4-11)5-6-15/h1-4,8-9H,5-7,15H2,(H,17,18). The summed E-state index contributed by atoms with van der Waals surface area (Å²) in [5.74, 6) is 0.675. The summed E-state index contributed by atoms with van der Waals surface area (Å²) >= 11 is 5.76. The third-order valence-corrected chi connectivity index (χ3v) is 2.72. The van der Waals surface area contributed by atoms with Crippen molar-refractivity contribution in [1.29, 1.82) is 0 Å². The number of nitrogens with two attached hydrogens (primary N) is 1. The Bertz CT molecular complexity index is 499. The van der Waals surface area contributed by atoms with E-state index in [1.165, 1.54) is 17.3 Å². The van der Waals surface area contributed by atoms with Gasteiger partial charge in [-0.25, -0.2) is 4.98 Å². The van der Waals surface area contributed by atoms with Crippen LogP contribution in [0.2, 0.25) is 5.15 Å². The van der Waals surface area contributed by atoms with E-state index in [2.05, 4.69) is 39.6 Å². The highest BCUT2D eigenvalue weighted by Gasteiger charge is 1.98. The molecule has 0 amide bonds. The van der Waals surface area contributed by atoms with E-state index < -0.39 is 0 Å². The molecule has 2 rings (SSSR count). The van der Waals surface area contributed by atoms with Crippen LogP contribution in [0.1, 0.15) is 11.1 Å². The Morgan fingerprint density at radius 2 is 1.83 bits per heavy atom. The summed E-state index contributed by atoms with van der Waals surface area (Å²) in [6.07, 6.45) is 4.07. The molecular weight excluding hydrogens is 248 g/mol. The largest absolute Gasteiger partial charge is 0.365 e. The third-order valence-electron chi connectivity index (χ3n) is 2.53. The fraction of sp³-hybridized carbons (Fsp3) is 0.231. The highest BCUT2D eigenvalue weighted by molar-refractivity contribution is 6.29. The Hall–Kier alpha value is -1.65. The summed E-state index contributed by atoms with van der Waals surface area (Å²) in [5, 5.41) is 3.56. The van der Waals surface area contributed by atoms with E-state index >= 15 is 0 Å². The fourth-order valence-corrected chi connectivity index (χ4v) is 1.76. The van der Waals surface area contributed by atoms with Gasteiger partial charge in [-0.1, -0.05) is 35.9 Å². The van der Waals surface area contributed by atoms with Crippen LogP contribution < -0.4 is 11.1 Å². The van der Waals surface area contributed by atoms with Crippen molar-refractivity contribution in [3.63, 3.8) is 0 Å². The lowest BCUT2D eigenvalue weighted by atomic mass is 10.1. The minimum Gasteiger partial charge on any atom is -0.365 e. The zero-order valence-electron chi connectivity index (χ0n) is 9.94. The van der Waals surface area contributed by atoms with Gasteiger partial charge in [0.05, 0.1) is 12.4 Å². The van der Waals surface area contributed by atoms with Crippen molar-refractivity contribution in [2.45, 2.75) is 13.0 Å². The molecule has 4 nitrogen and oxygen atoms in total. The highest BCUT2D eigenvalue weighted by atomic mass is 35.5. The van der Waals surface area contributed by atoms with Gasteiger partial charge in [0.15, 0.2) is 0 Å². The topological polar surface area (TPSA) is 63.8 Å². The maximum atomic E-state index is 5.76. The van der Waals surface area contributed by atoms with Gasteiger partial charge < -0.3 is 11.1 Å². The van der Waals surface area contributed by atoms with Gasteiger partial charge in [-0.3, -0.25) is 4.98 Å². The monoisotopic (exact) mass is 262 g/mol. The van der Waals surface area contributed by atoms with Crippen molar-refractivity contribution < 1.29 is 0 Å². The van der Waals surface area contributed by atoms with Crippen LogP contribution in [0.4, 0.5) is 5.82 Å². The van der Waals surface area contributed by atoms with Crippen LogP contribution in [0.5, 0.6) is 0 Å². The average molecular weight is 263 g/mol. The molecule has 0 aliphatic rings. The molecule has 2 aromatic rings. The maximum absolute atomic E-state index is 5.76. The summed E-state index contributed by atoms with van der Waals surface area (Å²) in [7, 11) is 0. The lowest BCUT2D eigenvalue weighted by Crippen LogP contribution is -2.04. The molecule has 94 valence electrons. The Kier molecular flexibility index (Phi) is 4.50. The van der Waals surface area contributed by atoms with Crippen molar-refractivity contribution in [3.8, 4) is 0 Å². The van der Waals surface area contributed by atoms with Crippen LogP contribution in [-0.4, -0.2) is 16.5 Å². The predicted molar refractivity (Wildman–Crippen MR) is 73.6 cm³/mol. The van der Waals surface area contributed by atoms with Gasteiger partial charge >= 0.3 is 0 Å². The van der Waals surface area contributed by atoms with Crippen LogP contribution in [0.15, 0.2) is 36.7 Å². The van der Waals surface area contributed by atoms with E-state index in [-0.39, 0.29) is 0 Å². The first-order valence-corrected chi connectivity index (χ1v) is 6.15. The van der Waals surface area contributed by atoms with E-state index in [1.807, 2.05) is 0 Å². The summed E-state index contributed by atoms with van der Waals surface area (Å²) in [5.41, 5.74) is 7.94. The number of aromatic nitrogens is 2. The molecule has 0 unspecified atom stereocenters. The zero-order valence-corrected chi connectivity index (χ0v) is 10.7. The second-order valence-electron chi connectivity index (χ2n) is 3.94. The first-order valence-electron chi connectivity index (χ1n) is 5.77. The van der Waals surface area contributed by atoms with Gasteiger partial charge in [0.1, 0.15) is 11.0 Å². The summed E-state index contributed by atoms with van der Waals surface area (Å²) in [6, 6.07) is 8.34. The van der Waals surface area contributed by atoms with E-state index in [0.29, 0.717) is 24.1 Å². The molecule has 0 radical (unpaired) electrons. The molecule has 0 aliphatic heterocycles. The number of rotatable bonds is 5. The molecule has 0 atom stereocenters. The van der Waals surface area contributed by atoms with Crippen molar-refractivity contribution >= 4 is 17.4 Å². The normalized spacial score (nSPS) is 10.3. The second kappa shape index (κ2) is 6.33. The number of benzene rings is 1. The molecular formula is C13H15ClN4. The van der Waals surface area contributed by atoms with Gasteiger partial charge in [-0.2, -0.15) is 0 Å². The molecule has 3 N–H and O–H groups in total. The number of nitrogens with one attached hydrogen (secondary N) is 1. The highest BCUT2D eigenvalue weighted by Crippen LogP contribution is 2.10. The molecule has 0 saturated carbocycles. The molecule has 0 bridgehead atoms. The smallest absolute Gasteiger partial charge is 0.149 e. The van der Waals surface area contributed by atoms with Crippen LogP contribution >= 0.6 is 11.6 Å². The minimum atomic E-state index is 0.387. The van der Waals surface area contributed by atoms with Crippen LogP contribution in [0, 0.1) is 0 Å². The van der Waals surface area contributed by atoms with E-state index in [1.54, 1.807) is 6.20 Å². The quantitative estimate of drug-likeness (QED) is 0.867. The Balaban J connectivity index is 1.93. The Morgan fingerprint density at radius 1 is 1.11 bits per heavy atom. The van der Waals surface area contributed by atoms with Crippen LogP contribution in [0.25, 0.3) is 0 Å². The lowest BCUT2D eigenvalue weighted by Gasteiger charge is -2.06. The molecule has 1 aromatic heterocycles. The van der Waals surface area contributed by atoms with Gasteiger partial charge in [0.2, 0.25) is 0 Å². The zero-order chi connectivity index (χ0) is 12.8. The second-order valence-corrected chi connectivity index (χ2v) is 4.32. The SMILES string of the molecule is NCCc1ccc(CNc2cncc(Cl)n2)cc1. The molecule has 1 heterocycles. The number of hydrogen-bond donors (Lipinski definition) is 2. The first kappa shape index (κ1) is 12.8. The molecule has 1 aromatic carbocycles. The number of hydrogen-bond acceptors (Lipinski definition) is 4. The molecule has 5 heteroatoms. The molecule has 0 fully saturated rings. The van der Waals surface area contributed by atoms with Crippen molar-refractivity contribution in [2.24, 2.45) is 5.73 Å². The number of nitrogens with zero attached hydrogens (tertiary/aromatic N) is 2. The van der Waals surface area contributed by atoms with Gasteiger partial charge in [0, 0.05) is 6.54 Å². The van der Waals surface area contributed by atoms with Crippen molar-refractivity contribution in [1.82, 2.24) is 9.97 Å². The van der Waals surface area contributed by atoms with Gasteiger partial charge in [0.25, 0.3) is 0 Å². The van der Waals surface area contributed by atoms with Crippen LogP contribution in [0.3, 0.4) is 0 Å². The lowest BCUT2D eigenvalue weighted by molar-refractivity contribution is 0.965. The maximum Gasteiger partial charge on any atom is 0.149 e. The third kappa shape index (κ3) is 3.68. The summed E-state index contributed by atoms with van der Waals surface area (Å²) in [6.45, 7) is 1.37. The number of halogens is 1. The van der Waals surface area contributed by atoms with E-state index in [4.69, 9.17) is 17.3 Å². The molecule has 0 aliphatic carbocycles. The van der Waals surface area contributed by atoms with Crippen LogP contribution in [-0.2, 0) is 13.0 Å². The first-order chi connectivity index (χ1) is 8.78. The Morgan fingerprint density at radius 3 is 2.50 bits per heavy atom. The van der Waals surface area contributed by atoms with E-state index in [0.717, 1.165) is 6.42 Å². The molecule has 18 heavy (non-hydrogen) atoms. The number of anilines is 1. The van der Waals surface area contributed by atoms with Crippen molar-refractivity contribution in [2.75, 3.05) is 11.9 Å². The molecule has 0 spiro atoms. The molecule has 0 saturated heterocycles. The van der Waals surface area contributed by atoms with Gasteiger partial charge in [-0.15, -0.1) is 0 Å². The predicted octanol–water partition coefficient (Wildman–Crippen LogP) is 2.24. The summed E-state index contributed by atoms with van der Waals surface area (Å²) in [4.78, 5) is 8.07. The fourth-order valence-electron chi connectivity index (χ4n) is 1.61. The van der Waals surface area contributed by atoms with Gasteiger partial charge in [-0.05, 0) is 24.1 Å². The van der Waals surface area contributed by atoms with E-state index in [9.17, 15) is 0 Å².